The van der Waals surface area contributed by atoms with E-state index in [1.54, 1.807) is 17.7 Å². The number of rotatable bonds is 10. The average Bonchev–Trinajstić information content (AvgIpc) is 3.37. The first-order valence-electron chi connectivity index (χ1n) is 11.3. The number of fused-ring (bicyclic) bond motifs is 1. The van der Waals surface area contributed by atoms with Crippen molar-refractivity contribution in [2.75, 3.05) is 13.2 Å². The highest BCUT2D eigenvalue weighted by Gasteiger charge is 2.33. The van der Waals surface area contributed by atoms with E-state index >= 15 is 0 Å². The first-order valence-corrected chi connectivity index (χ1v) is 12.8. The van der Waals surface area contributed by atoms with Crippen molar-refractivity contribution in [2.24, 2.45) is 13.0 Å². The zero-order chi connectivity index (χ0) is 23.4. The average molecular weight is 472 g/mol. The van der Waals surface area contributed by atoms with Gasteiger partial charge in [-0.25, -0.2) is 22.5 Å². The van der Waals surface area contributed by atoms with Gasteiger partial charge in [0.15, 0.2) is 16.6 Å². The summed E-state index contributed by atoms with van der Waals surface area (Å²) < 4.78 is 49.0. The van der Waals surface area contributed by atoms with Crippen LogP contribution in [0, 0.1) is 11.7 Å². The number of hydrogen-bond donors (Lipinski definition) is 1. The molecule has 1 aliphatic carbocycles. The van der Waals surface area contributed by atoms with Crippen LogP contribution < -0.4 is 9.46 Å². The lowest BCUT2D eigenvalue weighted by Gasteiger charge is -2.21. The molecule has 1 N–H and O–H groups in total. The van der Waals surface area contributed by atoms with E-state index in [9.17, 15) is 12.8 Å². The Labute approximate surface area is 194 Å². The van der Waals surface area contributed by atoms with E-state index in [-0.39, 0.29) is 23.9 Å². The van der Waals surface area contributed by atoms with Gasteiger partial charge in [0.1, 0.15) is 6.61 Å². The van der Waals surface area contributed by atoms with Gasteiger partial charge < -0.3 is 9.30 Å². The maximum absolute atomic E-state index is 14.8. The molecule has 2 aromatic carbocycles. The van der Waals surface area contributed by atoms with Gasteiger partial charge in [-0.05, 0) is 59.9 Å². The van der Waals surface area contributed by atoms with Crippen LogP contribution in [0.4, 0.5) is 4.39 Å². The lowest BCUT2D eigenvalue weighted by molar-refractivity contribution is 0.305. The Balaban J connectivity index is 1.45. The lowest BCUT2D eigenvalue weighted by Crippen LogP contribution is -2.28. The van der Waals surface area contributed by atoms with Gasteiger partial charge in [-0.15, -0.1) is 0 Å². The van der Waals surface area contributed by atoms with Gasteiger partial charge in [-0.3, -0.25) is 0 Å². The molecule has 0 bridgehead atoms. The number of sulfonamides is 1. The molecular weight excluding hydrogens is 441 g/mol. The van der Waals surface area contributed by atoms with Gasteiger partial charge in [0.2, 0.25) is 0 Å². The molecule has 0 radical (unpaired) electrons. The third kappa shape index (κ3) is 5.45. The highest BCUT2D eigenvalue weighted by atomic mass is 32.2. The van der Waals surface area contributed by atoms with E-state index < -0.39 is 15.8 Å². The fourth-order valence-corrected chi connectivity index (χ4v) is 5.67. The molecule has 4 rings (SSSR count). The van der Waals surface area contributed by atoms with Gasteiger partial charge in [-0.2, -0.15) is 0 Å². The van der Waals surface area contributed by atoms with E-state index in [0.717, 1.165) is 36.8 Å². The summed E-state index contributed by atoms with van der Waals surface area (Å²) in [5.74, 6) is 0.552. The predicted octanol–water partition coefficient (Wildman–Crippen LogP) is 4.22. The molecular formula is C25H30FN3O3S. The number of imidazole rings is 1. The minimum atomic E-state index is -3.73. The fourth-order valence-electron chi connectivity index (χ4n) is 4.68. The normalized spacial score (nSPS) is 17.8. The molecule has 1 aromatic heterocycles. The Morgan fingerprint density at radius 2 is 2.03 bits per heavy atom. The predicted molar refractivity (Wildman–Crippen MR) is 125 cm³/mol. The molecule has 1 aliphatic rings. The maximum atomic E-state index is 14.8. The summed E-state index contributed by atoms with van der Waals surface area (Å²) in [5.41, 5.74) is 3.46. The second kappa shape index (κ2) is 10.1. The Hall–Kier alpha value is -2.71. The van der Waals surface area contributed by atoms with Crippen molar-refractivity contribution in [3.05, 3.63) is 77.5 Å². The number of benzene rings is 2. The van der Waals surface area contributed by atoms with Crippen LogP contribution in [-0.4, -0.2) is 31.1 Å². The highest BCUT2D eigenvalue weighted by Crippen LogP contribution is 2.44. The third-order valence-corrected chi connectivity index (χ3v) is 7.56. The largest absolute Gasteiger partial charge is 0.489 e. The molecule has 0 saturated heterocycles. The van der Waals surface area contributed by atoms with E-state index in [2.05, 4.69) is 28.8 Å². The number of aromatic nitrogens is 2. The third-order valence-electron chi connectivity index (χ3n) is 6.21. The quantitative estimate of drug-likeness (QED) is 0.450. The second-order valence-electron chi connectivity index (χ2n) is 8.65. The van der Waals surface area contributed by atoms with Gasteiger partial charge >= 0.3 is 0 Å². The maximum Gasteiger partial charge on any atom is 0.259 e. The van der Waals surface area contributed by atoms with Crippen LogP contribution in [0.2, 0.25) is 0 Å². The van der Waals surface area contributed by atoms with Crippen molar-refractivity contribution in [3.8, 4) is 5.75 Å². The van der Waals surface area contributed by atoms with E-state index in [0.29, 0.717) is 11.8 Å². The lowest BCUT2D eigenvalue weighted by atomic mass is 9.84. The molecule has 1 heterocycles. The molecule has 33 heavy (non-hydrogen) atoms. The van der Waals surface area contributed by atoms with Crippen LogP contribution in [-0.2, 0) is 29.9 Å². The van der Waals surface area contributed by atoms with Gasteiger partial charge in [0.05, 0.1) is 6.33 Å². The Bertz CT molecular complexity index is 1190. The molecule has 6 nitrogen and oxygen atoms in total. The van der Waals surface area contributed by atoms with Crippen LogP contribution in [0.5, 0.6) is 5.75 Å². The molecule has 0 saturated carbocycles. The van der Waals surface area contributed by atoms with Crippen molar-refractivity contribution in [1.82, 2.24) is 14.3 Å². The number of ether oxygens (including phenoxy) is 1. The second-order valence-corrected chi connectivity index (χ2v) is 10.4. The molecule has 0 spiro atoms. The first kappa shape index (κ1) is 23.4. The molecule has 8 heteroatoms. The van der Waals surface area contributed by atoms with Crippen molar-refractivity contribution in [3.63, 3.8) is 0 Å². The number of halogens is 1. The molecule has 0 fully saturated rings. The summed E-state index contributed by atoms with van der Waals surface area (Å²) in [7, 11) is -2.03. The summed E-state index contributed by atoms with van der Waals surface area (Å²) >= 11 is 0. The van der Waals surface area contributed by atoms with Gasteiger partial charge in [0.25, 0.3) is 10.0 Å². The zero-order valence-electron chi connectivity index (χ0n) is 19.0. The van der Waals surface area contributed by atoms with E-state index in [1.165, 1.54) is 18.1 Å². The van der Waals surface area contributed by atoms with Crippen molar-refractivity contribution < 1.29 is 17.5 Å². The monoisotopic (exact) mass is 471 g/mol. The summed E-state index contributed by atoms with van der Waals surface area (Å²) in [6.45, 7) is 2.22. The summed E-state index contributed by atoms with van der Waals surface area (Å²) in [4.78, 5) is 3.85. The van der Waals surface area contributed by atoms with Gasteiger partial charge in [0, 0.05) is 19.8 Å². The number of nitrogens with one attached hydrogen (secondary N) is 1. The standard InChI is InChI=1S/C25H30FN3O3S/c1-3-7-19-13-20-14-23(26)24(15-22(20)21(19)12-18-8-5-4-6-9-18)32-11-10-28-33(30,31)25-16-29(2)17-27-25/h4-6,8-9,14-17,19,21,28H,3,7,10-13H2,1-2H3. The Morgan fingerprint density at radius 1 is 1.24 bits per heavy atom. The van der Waals surface area contributed by atoms with Crippen molar-refractivity contribution >= 4 is 10.0 Å². The number of hydrogen-bond acceptors (Lipinski definition) is 4. The highest BCUT2D eigenvalue weighted by molar-refractivity contribution is 7.89. The molecule has 2 atom stereocenters. The van der Waals surface area contributed by atoms with Crippen molar-refractivity contribution in [1.29, 1.82) is 0 Å². The molecule has 3 aromatic rings. The van der Waals surface area contributed by atoms with E-state index in [1.807, 2.05) is 24.3 Å². The Kier molecular flexibility index (Phi) is 7.14. The molecule has 0 amide bonds. The van der Waals surface area contributed by atoms with Crippen LogP contribution in [0.3, 0.4) is 0 Å². The fraction of sp³-hybridized carbons (Fsp3) is 0.400. The minimum absolute atomic E-state index is 0.0152. The summed E-state index contributed by atoms with van der Waals surface area (Å²) in [6, 6.07) is 13.8. The van der Waals surface area contributed by atoms with Crippen LogP contribution >= 0.6 is 0 Å². The number of nitrogens with zero attached hydrogens (tertiary/aromatic N) is 2. The SMILES string of the molecule is CCCC1Cc2cc(F)c(OCCNS(=O)(=O)c3cn(C)cn3)cc2C1Cc1ccccc1. The summed E-state index contributed by atoms with van der Waals surface area (Å²) in [5, 5.41) is -0.0561. The van der Waals surface area contributed by atoms with Crippen LogP contribution in [0.1, 0.15) is 42.4 Å². The Morgan fingerprint density at radius 3 is 2.73 bits per heavy atom. The van der Waals surface area contributed by atoms with Gasteiger partial charge in [-0.1, -0.05) is 43.7 Å². The topological polar surface area (TPSA) is 73.2 Å². The van der Waals surface area contributed by atoms with E-state index in [4.69, 9.17) is 4.74 Å². The minimum Gasteiger partial charge on any atom is -0.489 e. The first-order chi connectivity index (χ1) is 15.9. The zero-order valence-corrected chi connectivity index (χ0v) is 19.8. The molecule has 2 unspecified atom stereocenters. The summed E-state index contributed by atoms with van der Waals surface area (Å²) in [6.07, 6.45) is 6.81. The molecule has 0 aliphatic heterocycles. The van der Waals surface area contributed by atoms with Crippen LogP contribution in [0.25, 0.3) is 0 Å². The smallest absolute Gasteiger partial charge is 0.259 e. The van der Waals surface area contributed by atoms with Crippen molar-refractivity contribution in [2.45, 2.75) is 43.6 Å². The van der Waals surface area contributed by atoms with Crippen LogP contribution in [0.15, 0.2) is 60.0 Å². The molecule has 176 valence electrons. The number of aryl methyl sites for hydroxylation is 1.